The van der Waals surface area contributed by atoms with E-state index >= 15 is 0 Å². The molecule has 88 valence electrons. The summed E-state index contributed by atoms with van der Waals surface area (Å²) in [5.74, 6) is 2.27. The number of carbonyl (C=O) groups excluding carboxylic acids is 1. The Bertz CT molecular complexity index is 366. The van der Waals surface area contributed by atoms with Gasteiger partial charge in [-0.15, -0.1) is 0 Å². The lowest BCUT2D eigenvalue weighted by Crippen LogP contribution is -2.33. The van der Waals surface area contributed by atoms with Gasteiger partial charge in [-0.3, -0.25) is 4.79 Å². The monoisotopic (exact) mass is 218 g/mol. The van der Waals surface area contributed by atoms with Crippen LogP contribution < -0.4 is 0 Å². The van der Waals surface area contributed by atoms with E-state index in [2.05, 4.69) is 26.8 Å². The Morgan fingerprint density at radius 3 is 2.81 bits per heavy atom. The molecule has 16 heavy (non-hydrogen) atoms. The molecular formula is C15H22O. The molecule has 0 saturated heterocycles. The lowest BCUT2D eigenvalue weighted by Gasteiger charge is -2.37. The van der Waals surface area contributed by atoms with Crippen LogP contribution in [0.3, 0.4) is 0 Å². The minimum Gasteiger partial charge on any atom is -0.298 e. The number of carbonyl (C=O) groups is 1. The molecule has 0 heterocycles. The minimum absolute atomic E-state index is 0.258. The molecule has 0 amide bonds. The molecule has 3 aliphatic carbocycles. The molecule has 1 heteroatoms. The standard InChI is InChI=1S/C15H22O/c1-10-4-7-13-14(2,3)11-5-6-12(9-16)15(10,13)8-11/h6,9-11,13H,4-5,7-8H2,1-3H3/t10-,11-,13+,15+/m1/s1. The molecule has 2 saturated carbocycles. The van der Waals surface area contributed by atoms with Crippen molar-refractivity contribution >= 4 is 6.29 Å². The first-order valence-corrected chi connectivity index (χ1v) is 6.69. The third-order valence-electron chi connectivity index (χ3n) is 6.21. The van der Waals surface area contributed by atoms with E-state index in [0.29, 0.717) is 11.3 Å². The summed E-state index contributed by atoms with van der Waals surface area (Å²) in [6.45, 7) is 7.23. The second-order valence-corrected chi connectivity index (χ2v) is 6.81. The van der Waals surface area contributed by atoms with Crippen molar-refractivity contribution < 1.29 is 4.79 Å². The van der Waals surface area contributed by atoms with Gasteiger partial charge in [0.05, 0.1) is 0 Å². The van der Waals surface area contributed by atoms with E-state index in [4.69, 9.17) is 0 Å². The van der Waals surface area contributed by atoms with Gasteiger partial charge in [0.2, 0.25) is 0 Å². The molecule has 2 fully saturated rings. The number of rotatable bonds is 1. The van der Waals surface area contributed by atoms with Gasteiger partial charge in [0.25, 0.3) is 0 Å². The van der Waals surface area contributed by atoms with Gasteiger partial charge in [0.1, 0.15) is 6.29 Å². The van der Waals surface area contributed by atoms with Crippen LogP contribution in [0.15, 0.2) is 11.6 Å². The summed E-state index contributed by atoms with van der Waals surface area (Å²) >= 11 is 0. The van der Waals surface area contributed by atoms with E-state index in [1.165, 1.54) is 19.3 Å². The largest absolute Gasteiger partial charge is 0.298 e. The smallest absolute Gasteiger partial charge is 0.146 e. The van der Waals surface area contributed by atoms with E-state index < -0.39 is 0 Å². The topological polar surface area (TPSA) is 17.1 Å². The second kappa shape index (κ2) is 3.00. The summed E-state index contributed by atoms with van der Waals surface area (Å²) in [6.07, 6.45) is 8.46. The van der Waals surface area contributed by atoms with E-state index in [-0.39, 0.29) is 5.41 Å². The molecule has 0 radical (unpaired) electrons. The molecule has 3 aliphatic rings. The summed E-state index contributed by atoms with van der Waals surface area (Å²) in [7, 11) is 0. The van der Waals surface area contributed by atoms with Gasteiger partial charge in [0.15, 0.2) is 0 Å². The molecule has 2 bridgehead atoms. The first-order chi connectivity index (χ1) is 7.53. The van der Waals surface area contributed by atoms with Gasteiger partial charge in [-0.2, -0.15) is 0 Å². The molecule has 0 aliphatic heterocycles. The molecule has 3 rings (SSSR count). The fraction of sp³-hybridized carbons (Fsp3) is 0.800. The molecule has 1 nitrogen and oxygen atoms in total. The maximum absolute atomic E-state index is 11.4. The highest BCUT2D eigenvalue weighted by atomic mass is 16.1. The zero-order valence-corrected chi connectivity index (χ0v) is 10.6. The zero-order valence-electron chi connectivity index (χ0n) is 10.6. The Morgan fingerprint density at radius 1 is 1.38 bits per heavy atom. The first kappa shape index (κ1) is 10.6. The van der Waals surface area contributed by atoms with Crippen LogP contribution in [0.4, 0.5) is 0 Å². The third kappa shape index (κ3) is 0.959. The zero-order chi connectivity index (χ0) is 11.6. The molecule has 0 aromatic heterocycles. The number of hydrogen-bond donors (Lipinski definition) is 0. The highest BCUT2D eigenvalue weighted by Crippen LogP contribution is 2.71. The Balaban J connectivity index is 2.16. The van der Waals surface area contributed by atoms with Crippen LogP contribution in [0.25, 0.3) is 0 Å². The summed E-state index contributed by atoms with van der Waals surface area (Å²) in [5, 5.41) is 0. The van der Waals surface area contributed by atoms with Gasteiger partial charge in [-0.05, 0) is 54.4 Å². The lowest BCUT2D eigenvalue weighted by atomic mass is 9.65. The van der Waals surface area contributed by atoms with Crippen LogP contribution in [0.5, 0.6) is 0 Å². The average molecular weight is 218 g/mol. The molecular weight excluding hydrogens is 196 g/mol. The van der Waals surface area contributed by atoms with Crippen molar-refractivity contribution in [3.63, 3.8) is 0 Å². The van der Waals surface area contributed by atoms with E-state index in [0.717, 1.165) is 30.1 Å². The van der Waals surface area contributed by atoms with Crippen molar-refractivity contribution in [3.05, 3.63) is 11.6 Å². The maximum Gasteiger partial charge on any atom is 0.146 e. The van der Waals surface area contributed by atoms with Gasteiger partial charge < -0.3 is 0 Å². The average Bonchev–Trinajstić information content (AvgIpc) is 2.65. The molecule has 0 unspecified atom stereocenters. The number of fused-ring (bicyclic) bond motifs is 1. The summed E-state index contributed by atoms with van der Waals surface area (Å²) < 4.78 is 0. The van der Waals surface area contributed by atoms with Gasteiger partial charge in [0, 0.05) is 5.41 Å². The molecule has 0 N–H and O–H groups in total. The summed E-state index contributed by atoms with van der Waals surface area (Å²) in [4.78, 5) is 11.4. The highest BCUT2D eigenvalue weighted by Gasteiger charge is 2.64. The van der Waals surface area contributed by atoms with Crippen molar-refractivity contribution in [1.29, 1.82) is 0 Å². The van der Waals surface area contributed by atoms with Crippen LogP contribution >= 0.6 is 0 Å². The van der Waals surface area contributed by atoms with Crippen molar-refractivity contribution in [2.75, 3.05) is 0 Å². The molecule has 0 aromatic carbocycles. The number of allylic oxidation sites excluding steroid dienone is 2. The predicted molar refractivity (Wildman–Crippen MR) is 65.0 cm³/mol. The second-order valence-electron chi connectivity index (χ2n) is 6.81. The Kier molecular flexibility index (Phi) is 1.98. The van der Waals surface area contributed by atoms with E-state index in [9.17, 15) is 4.79 Å². The van der Waals surface area contributed by atoms with E-state index in [1.807, 2.05) is 0 Å². The van der Waals surface area contributed by atoms with Crippen LogP contribution in [-0.4, -0.2) is 6.29 Å². The minimum atomic E-state index is 0.258. The Morgan fingerprint density at radius 2 is 2.12 bits per heavy atom. The van der Waals surface area contributed by atoms with Crippen molar-refractivity contribution in [3.8, 4) is 0 Å². The molecule has 1 spiro atoms. The van der Waals surface area contributed by atoms with Gasteiger partial charge in [-0.25, -0.2) is 0 Å². The summed E-state index contributed by atoms with van der Waals surface area (Å²) in [6, 6.07) is 0. The van der Waals surface area contributed by atoms with Crippen LogP contribution in [0.2, 0.25) is 0 Å². The SMILES string of the molecule is C[C@@H]1CC[C@H]2C(C)(C)[C@@H]3CC=C(C=O)[C@]12C3. The maximum atomic E-state index is 11.4. The molecule has 0 aromatic rings. The third-order valence-corrected chi connectivity index (χ3v) is 6.21. The van der Waals surface area contributed by atoms with Gasteiger partial charge >= 0.3 is 0 Å². The van der Waals surface area contributed by atoms with Crippen LogP contribution in [0.1, 0.15) is 46.5 Å². The first-order valence-electron chi connectivity index (χ1n) is 6.69. The highest BCUT2D eigenvalue weighted by molar-refractivity contribution is 5.77. The normalized spacial score (nSPS) is 48.7. The number of hydrogen-bond acceptors (Lipinski definition) is 1. The Hall–Kier alpha value is -0.590. The molecule has 4 atom stereocenters. The van der Waals surface area contributed by atoms with Crippen LogP contribution in [-0.2, 0) is 4.79 Å². The quantitative estimate of drug-likeness (QED) is 0.615. The van der Waals surface area contributed by atoms with E-state index in [1.54, 1.807) is 0 Å². The fourth-order valence-corrected chi connectivity index (χ4v) is 5.22. The van der Waals surface area contributed by atoms with Crippen molar-refractivity contribution in [2.24, 2.45) is 28.6 Å². The summed E-state index contributed by atoms with van der Waals surface area (Å²) in [5.41, 5.74) is 1.84. The van der Waals surface area contributed by atoms with Gasteiger partial charge in [-0.1, -0.05) is 26.8 Å². The van der Waals surface area contributed by atoms with Crippen molar-refractivity contribution in [1.82, 2.24) is 0 Å². The predicted octanol–water partition coefficient (Wildman–Crippen LogP) is 3.59. The van der Waals surface area contributed by atoms with Crippen LogP contribution in [0, 0.1) is 28.6 Å². The fourth-order valence-electron chi connectivity index (χ4n) is 5.22. The van der Waals surface area contributed by atoms with Crippen molar-refractivity contribution in [2.45, 2.75) is 46.5 Å². The lowest BCUT2D eigenvalue weighted by molar-refractivity contribution is -0.106. The number of aldehydes is 1. The Labute approximate surface area is 98.3 Å².